The lowest BCUT2D eigenvalue weighted by atomic mass is 9.99. The van der Waals surface area contributed by atoms with E-state index < -0.39 is 0 Å². The van der Waals surface area contributed by atoms with Gasteiger partial charge in [-0.2, -0.15) is 0 Å². The van der Waals surface area contributed by atoms with Gasteiger partial charge in [0.25, 0.3) is 0 Å². The highest BCUT2D eigenvalue weighted by Crippen LogP contribution is 2.20. The van der Waals surface area contributed by atoms with E-state index in [0.29, 0.717) is 12.1 Å². The molecule has 0 radical (unpaired) electrons. The van der Waals surface area contributed by atoms with Gasteiger partial charge in [0, 0.05) is 12.1 Å². The Labute approximate surface area is 99.7 Å². The zero-order valence-electron chi connectivity index (χ0n) is 10.9. The summed E-state index contributed by atoms with van der Waals surface area (Å²) in [6, 6.07) is 11.6. The van der Waals surface area contributed by atoms with Crippen molar-refractivity contribution in [2.45, 2.75) is 32.9 Å². The molecule has 0 bridgehead atoms. The van der Waals surface area contributed by atoms with Gasteiger partial charge in [-0.05, 0) is 32.6 Å². The van der Waals surface area contributed by atoms with E-state index in [4.69, 9.17) is 0 Å². The normalized spacial score (nSPS) is 15.1. The minimum absolute atomic E-state index is 0.404. The molecule has 0 aromatic heterocycles. The predicted molar refractivity (Wildman–Crippen MR) is 70.6 cm³/mol. The number of hydrogen-bond donors (Lipinski definition) is 1. The summed E-state index contributed by atoms with van der Waals surface area (Å²) in [6.07, 6.45) is 0. The van der Waals surface area contributed by atoms with E-state index >= 15 is 0 Å². The third-order valence-corrected chi connectivity index (χ3v) is 3.34. The fraction of sp³-hybridized carbons (Fsp3) is 0.571. The SMILES string of the molecule is CCN(CC)C(C)C(NC)c1ccccc1. The first-order chi connectivity index (χ1) is 7.74. The van der Waals surface area contributed by atoms with Gasteiger partial charge in [-0.1, -0.05) is 44.2 Å². The topological polar surface area (TPSA) is 15.3 Å². The summed E-state index contributed by atoms with van der Waals surface area (Å²) in [7, 11) is 2.04. The fourth-order valence-corrected chi connectivity index (χ4v) is 2.36. The van der Waals surface area contributed by atoms with Crippen LogP contribution in [0.15, 0.2) is 30.3 Å². The van der Waals surface area contributed by atoms with Crippen LogP contribution in [-0.2, 0) is 0 Å². The Morgan fingerprint density at radius 2 is 1.69 bits per heavy atom. The molecule has 1 rings (SSSR count). The van der Waals surface area contributed by atoms with Crippen molar-refractivity contribution in [3.63, 3.8) is 0 Å². The van der Waals surface area contributed by atoms with Crippen molar-refractivity contribution in [2.24, 2.45) is 0 Å². The van der Waals surface area contributed by atoms with E-state index in [0.717, 1.165) is 13.1 Å². The second-order valence-electron chi connectivity index (χ2n) is 4.14. The van der Waals surface area contributed by atoms with Crippen LogP contribution >= 0.6 is 0 Å². The Balaban J connectivity index is 2.82. The lowest BCUT2D eigenvalue weighted by Crippen LogP contribution is -2.41. The average molecular weight is 220 g/mol. The van der Waals surface area contributed by atoms with Gasteiger partial charge in [0.2, 0.25) is 0 Å². The summed E-state index contributed by atoms with van der Waals surface area (Å²) in [5.41, 5.74) is 1.37. The van der Waals surface area contributed by atoms with E-state index in [-0.39, 0.29) is 0 Å². The molecule has 1 aromatic rings. The smallest absolute Gasteiger partial charge is 0.0472 e. The maximum atomic E-state index is 3.43. The molecule has 2 nitrogen and oxygen atoms in total. The van der Waals surface area contributed by atoms with E-state index in [1.165, 1.54) is 5.56 Å². The van der Waals surface area contributed by atoms with Crippen LogP contribution in [0.3, 0.4) is 0 Å². The van der Waals surface area contributed by atoms with E-state index in [2.05, 4.69) is 61.3 Å². The first kappa shape index (κ1) is 13.2. The first-order valence-electron chi connectivity index (χ1n) is 6.20. The molecular weight excluding hydrogens is 196 g/mol. The van der Waals surface area contributed by atoms with E-state index in [1.54, 1.807) is 0 Å². The molecule has 90 valence electrons. The third-order valence-electron chi connectivity index (χ3n) is 3.34. The van der Waals surface area contributed by atoms with Crippen LogP contribution in [0.2, 0.25) is 0 Å². The van der Waals surface area contributed by atoms with Crippen LogP contribution in [0.5, 0.6) is 0 Å². The minimum atomic E-state index is 0.404. The third kappa shape index (κ3) is 3.06. The van der Waals surface area contributed by atoms with Crippen LogP contribution < -0.4 is 5.32 Å². The summed E-state index contributed by atoms with van der Waals surface area (Å²) in [6.45, 7) is 8.93. The second kappa shape index (κ2) is 6.66. The predicted octanol–water partition coefficient (Wildman–Crippen LogP) is 2.68. The Morgan fingerprint density at radius 3 is 2.12 bits per heavy atom. The second-order valence-corrected chi connectivity index (χ2v) is 4.14. The number of nitrogens with zero attached hydrogens (tertiary/aromatic N) is 1. The van der Waals surface area contributed by atoms with Crippen LogP contribution in [-0.4, -0.2) is 31.1 Å². The van der Waals surface area contributed by atoms with Crippen molar-refractivity contribution in [1.29, 1.82) is 0 Å². The molecule has 0 saturated carbocycles. The van der Waals surface area contributed by atoms with Crippen molar-refractivity contribution in [1.82, 2.24) is 10.2 Å². The zero-order chi connectivity index (χ0) is 12.0. The Morgan fingerprint density at radius 1 is 1.12 bits per heavy atom. The van der Waals surface area contributed by atoms with Gasteiger partial charge >= 0.3 is 0 Å². The van der Waals surface area contributed by atoms with Gasteiger partial charge in [-0.3, -0.25) is 4.90 Å². The summed E-state index contributed by atoms with van der Waals surface area (Å²) in [4.78, 5) is 2.48. The molecule has 1 aromatic carbocycles. The van der Waals surface area contributed by atoms with Gasteiger partial charge in [0.05, 0.1) is 0 Å². The number of hydrogen-bond acceptors (Lipinski definition) is 2. The van der Waals surface area contributed by atoms with Gasteiger partial charge in [-0.15, -0.1) is 0 Å². The molecule has 0 heterocycles. The maximum absolute atomic E-state index is 3.43. The Bertz CT molecular complexity index is 280. The highest BCUT2D eigenvalue weighted by atomic mass is 15.2. The van der Waals surface area contributed by atoms with Crippen molar-refractivity contribution in [3.8, 4) is 0 Å². The Kier molecular flexibility index (Phi) is 5.50. The fourth-order valence-electron chi connectivity index (χ4n) is 2.36. The minimum Gasteiger partial charge on any atom is -0.312 e. The molecule has 1 N–H and O–H groups in total. The molecule has 0 aliphatic carbocycles. The molecule has 0 aliphatic rings. The quantitative estimate of drug-likeness (QED) is 0.793. The van der Waals surface area contributed by atoms with Crippen LogP contribution in [0.25, 0.3) is 0 Å². The molecule has 0 aliphatic heterocycles. The van der Waals surface area contributed by atoms with Crippen LogP contribution in [0.4, 0.5) is 0 Å². The highest BCUT2D eigenvalue weighted by molar-refractivity contribution is 5.20. The summed E-state index contributed by atoms with van der Waals surface area (Å²) < 4.78 is 0. The summed E-state index contributed by atoms with van der Waals surface area (Å²) in [5.74, 6) is 0. The Hall–Kier alpha value is -0.860. The standard InChI is InChI=1S/C14H24N2/c1-5-16(6-2)12(3)14(15-4)13-10-8-7-9-11-13/h7-12,14-15H,5-6H2,1-4H3. The lowest BCUT2D eigenvalue weighted by Gasteiger charge is -2.33. The zero-order valence-corrected chi connectivity index (χ0v) is 10.9. The molecule has 2 unspecified atom stereocenters. The molecule has 0 saturated heterocycles. The maximum Gasteiger partial charge on any atom is 0.0472 e. The summed E-state index contributed by atoms with van der Waals surface area (Å²) in [5, 5.41) is 3.43. The number of nitrogens with one attached hydrogen (secondary N) is 1. The number of rotatable bonds is 6. The van der Waals surface area contributed by atoms with Crippen LogP contribution in [0, 0.1) is 0 Å². The van der Waals surface area contributed by atoms with Crippen LogP contribution in [0.1, 0.15) is 32.4 Å². The van der Waals surface area contributed by atoms with Gasteiger partial charge in [0.1, 0.15) is 0 Å². The first-order valence-corrected chi connectivity index (χ1v) is 6.20. The summed E-state index contributed by atoms with van der Waals surface area (Å²) >= 11 is 0. The lowest BCUT2D eigenvalue weighted by molar-refractivity contribution is 0.190. The van der Waals surface area contributed by atoms with Gasteiger partial charge in [-0.25, -0.2) is 0 Å². The monoisotopic (exact) mass is 220 g/mol. The van der Waals surface area contributed by atoms with Crippen molar-refractivity contribution >= 4 is 0 Å². The molecule has 0 fully saturated rings. The molecule has 0 spiro atoms. The van der Waals surface area contributed by atoms with E-state index in [1.807, 2.05) is 7.05 Å². The highest BCUT2D eigenvalue weighted by Gasteiger charge is 2.21. The van der Waals surface area contributed by atoms with Gasteiger partial charge in [0.15, 0.2) is 0 Å². The van der Waals surface area contributed by atoms with Crippen molar-refractivity contribution in [2.75, 3.05) is 20.1 Å². The van der Waals surface area contributed by atoms with Crippen molar-refractivity contribution < 1.29 is 0 Å². The molecule has 2 atom stereocenters. The average Bonchev–Trinajstić information content (AvgIpc) is 2.33. The molecule has 0 amide bonds. The number of likely N-dealkylation sites (N-methyl/N-ethyl adjacent to an activating group) is 2. The van der Waals surface area contributed by atoms with Gasteiger partial charge < -0.3 is 5.32 Å². The molecule has 2 heteroatoms. The number of benzene rings is 1. The van der Waals surface area contributed by atoms with E-state index in [9.17, 15) is 0 Å². The largest absolute Gasteiger partial charge is 0.312 e. The van der Waals surface area contributed by atoms with Crippen molar-refractivity contribution in [3.05, 3.63) is 35.9 Å². The molecular formula is C14H24N2. The molecule has 16 heavy (non-hydrogen) atoms.